The largest absolute Gasteiger partial charge is 0.299 e. The van der Waals surface area contributed by atoms with Crippen LogP contribution in [-0.2, 0) is 6.42 Å². The van der Waals surface area contributed by atoms with Crippen LogP contribution in [-0.4, -0.2) is 24.5 Å². The Morgan fingerprint density at radius 2 is 1.82 bits per heavy atom. The summed E-state index contributed by atoms with van der Waals surface area (Å²) in [5, 5.41) is 0. The Labute approximate surface area is 102 Å². The van der Waals surface area contributed by atoms with Crippen LogP contribution >= 0.6 is 0 Å². The van der Waals surface area contributed by atoms with Gasteiger partial charge in [0.05, 0.1) is 0 Å². The molecule has 17 heavy (non-hydrogen) atoms. The highest BCUT2D eigenvalue weighted by Gasteiger charge is 2.22. The van der Waals surface area contributed by atoms with Gasteiger partial charge in [0.15, 0.2) is 0 Å². The predicted octanol–water partition coefficient (Wildman–Crippen LogP) is 3.41. The molecule has 2 aliphatic rings. The molecule has 90 valence electrons. The third-order valence-corrected chi connectivity index (χ3v) is 3.86. The van der Waals surface area contributed by atoms with Crippen LogP contribution in [0.3, 0.4) is 0 Å². The Morgan fingerprint density at radius 3 is 2.65 bits per heavy atom. The monoisotopic (exact) mass is 231 g/mol. The van der Waals surface area contributed by atoms with Crippen molar-refractivity contribution in [3.05, 3.63) is 41.2 Å². The Hall–Kier alpha value is -1.15. The quantitative estimate of drug-likeness (QED) is 0.754. The molecule has 0 atom stereocenters. The zero-order valence-electron chi connectivity index (χ0n) is 10.1. The minimum absolute atomic E-state index is 0.107. The molecule has 1 saturated heterocycles. The van der Waals surface area contributed by atoms with E-state index >= 15 is 0 Å². The van der Waals surface area contributed by atoms with Gasteiger partial charge in [-0.25, -0.2) is 4.39 Å². The molecular formula is C15H18FN. The molecule has 0 N–H and O–H groups in total. The number of rotatable bonds is 2. The maximum atomic E-state index is 14.0. The lowest BCUT2D eigenvalue weighted by Crippen LogP contribution is -2.23. The second-order valence-electron chi connectivity index (χ2n) is 5.02. The smallest absolute Gasteiger partial charge is 0.105 e. The first-order valence-corrected chi connectivity index (χ1v) is 6.53. The molecule has 0 aromatic heterocycles. The van der Waals surface area contributed by atoms with Crippen molar-refractivity contribution in [2.45, 2.75) is 25.7 Å². The van der Waals surface area contributed by atoms with Gasteiger partial charge >= 0.3 is 0 Å². The molecule has 0 spiro atoms. The summed E-state index contributed by atoms with van der Waals surface area (Å²) in [6.45, 7) is 3.04. The number of halogens is 1. The predicted molar refractivity (Wildman–Crippen MR) is 68.5 cm³/mol. The van der Waals surface area contributed by atoms with E-state index < -0.39 is 0 Å². The molecule has 0 saturated carbocycles. The number of nitrogens with zero attached hydrogens (tertiary/aromatic N) is 1. The molecule has 0 bridgehead atoms. The molecule has 1 aromatic carbocycles. The molecule has 0 radical (unpaired) electrons. The first-order valence-electron chi connectivity index (χ1n) is 6.53. The highest BCUT2D eigenvalue weighted by atomic mass is 19.1. The van der Waals surface area contributed by atoms with Gasteiger partial charge in [-0.05, 0) is 43.5 Å². The van der Waals surface area contributed by atoms with Crippen LogP contribution in [0, 0.1) is 0 Å². The van der Waals surface area contributed by atoms with Gasteiger partial charge in [-0.1, -0.05) is 24.3 Å². The van der Waals surface area contributed by atoms with Gasteiger partial charge in [0.2, 0.25) is 0 Å². The summed E-state index contributed by atoms with van der Waals surface area (Å²) in [7, 11) is 0. The van der Waals surface area contributed by atoms with Gasteiger partial charge < -0.3 is 0 Å². The number of hydrogen-bond acceptors (Lipinski definition) is 1. The molecule has 1 aliphatic heterocycles. The van der Waals surface area contributed by atoms with Gasteiger partial charge in [0.1, 0.15) is 5.83 Å². The van der Waals surface area contributed by atoms with E-state index in [0.29, 0.717) is 6.42 Å². The average molecular weight is 231 g/mol. The van der Waals surface area contributed by atoms with Gasteiger partial charge in [-0.3, -0.25) is 4.90 Å². The molecule has 1 fully saturated rings. The molecule has 1 heterocycles. The average Bonchev–Trinajstić information content (AvgIpc) is 2.86. The molecule has 0 amide bonds. The summed E-state index contributed by atoms with van der Waals surface area (Å²) in [6, 6.07) is 8.27. The van der Waals surface area contributed by atoms with E-state index in [9.17, 15) is 4.39 Å². The Kier molecular flexibility index (Phi) is 2.98. The van der Waals surface area contributed by atoms with Crippen molar-refractivity contribution in [3.8, 4) is 0 Å². The zero-order chi connectivity index (χ0) is 11.7. The van der Waals surface area contributed by atoms with E-state index in [4.69, 9.17) is 0 Å². The number of benzene rings is 1. The summed E-state index contributed by atoms with van der Waals surface area (Å²) < 4.78 is 14.0. The SMILES string of the molecule is FC1=C(CN2CCCC2)c2ccccc2CC1. The van der Waals surface area contributed by atoms with Crippen LogP contribution in [0.1, 0.15) is 30.4 Å². The van der Waals surface area contributed by atoms with Gasteiger partial charge in [-0.2, -0.15) is 0 Å². The van der Waals surface area contributed by atoms with E-state index in [1.165, 1.54) is 18.4 Å². The van der Waals surface area contributed by atoms with E-state index in [1.54, 1.807) is 0 Å². The van der Waals surface area contributed by atoms with Gasteiger partial charge in [-0.15, -0.1) is 0 Å². The fourth-order valence-electron chi connectivity index (χ4n) is 2.91. The molecule has 1 nitrogen and oxygen atoms in total. The standard InChI is InChI=1S/C15H18FN/c16-15-8-7-12-5-1-2-6-13(12)14(15)11-17-9-3-4-10-17/h1-2,5-6H,3-4,7-11H2. The normalized spacial score (nSPS) is 20.8. The summed E-state index contributed by atoms with van der Waals surface area (Å²) in [5.41, 5.74) is 3.39. The minimum atomic E-state index is 0.107. The van der Waals surface area contributed by atoms with E-state index in [-0.39, 0.29) is 5.83 Å². The molecule has 2 heteroatoms. The molecule has 1 aliphatic carbocycles. The van der Waals surface area contributed by atoms with Crippen molar-refractivity contribution < 1.29 is 4.39 Å². The fourth-order valence-corrected chi connectivity index (χ4v) is 2.91. The number of fused-ring (bicyclic) bond motifs is 1. The maximum Gasteiger partial charge on any atom is 0.105 e. The van der Waals surface area contributed by atoms with Crippen LogP contribution in [0.4, 0.5) is 4.39 Å². The molecule has 0 unspecified atom stereocenters. The molecular weight excluding hydrogens is 213 g/mol. The Morgan fingerprint density at radius 1 is 1.06 bits per heavy atom. The second kappa shape index (κ2) is 4.61. The van der Waals surface area contributed by atoms with Crippen LogP contribution in [0.5, 0.6) is 0 Å². The summed E-state index contributed by atoms with van der Waals surface area (Å²) in [5.74, 6) is 0.107. The van der Waals surface area contributed by atoms with Gasteiger partial charge in [0.25, 0.3) is 0 Å². The lowest BCUT2D eigenvalue weighted by atomic mass is 9.90. The number of hydrogen-bond donors (Lipinski definition) is 0. The van der Waals surface area contributed by atoms with Crippen molar-refractivity contribution in [2.24, 2.45) is 0 Å². The van der Waals surface area contributed by atoms with Crippen LogP contribution in [0.15, 0.2) is 30.1 Å². The van der Waals surface area contributed by atoms with E-state index in [0.717, 1.165) is 37.2 Å². The van der Waals surface area contributed by atoms with Crippen LogP contribution < -0.4 is 0 Å². The Balaban J connectivity index is 1.90. The lowest BCUT2D eigenvalue weighted by Gasteiger charge is -2.23. The van der Waals surface area contributed by atoms with Crippen molar-refractivity contribution in [1.82, 2.24) is 4.90 Å². The van der Waals surface area contributed by atoms with Crippen molar-refractivity contribution >= 4 is 5.57 Å². The fraction of sp³-hybridized carbons (Fsp3) is 0.467. The lowest BCUT2D eigenvalue weighted by molar-refractivity contribution is 0.378. The Bertz CT molecular complexity index is 444. The maximum absolute atomic E-state index is 14.0. The molecule has 1 aromatic rings. The minimum Gasteiger partial charge on any atom is -0.299 e. The summed E-state index contributed by atoms with van der Waals surface area (Å²) in [4.78, 5) is 2.37. The van der Waals surface area contributed by atoms with E-state index in [2.05, 4.69) is 23.1 Å². The number of likely N-dealkylation sites (tertiary alicyclic amines) is 1. The first-order chi connectivity index (χ1) is 8.34. The highest BCUT2D eigenvalue weighted by molar-refractivity contribution is 5.73. The second-order valence-corrected chi connectivity index (χ2v) is 5.02. The summed E-state index contributed by atoms with van der Waals surface area (Å²) >= 11 is 0. The highest BCUT2D eigenvalue weighted by Crippen LogP contribution is 2.33. The third-order valence-electron chi connectivity index (χ3n) is 3.86. The number of allylic oxidation sites excluding steroid dienone is 1. The van der Waals surface area contributed by atoms with Crippen molar-refractivity contribution in [2.75, 3.05) is 19.6 Å². The zero-order valence-corrected chi connectivity index (χ0v) is 10.1. The number of aryl methyl sites for hydroxylation is 1. The summed E-state index contributed by atoms with van der Waals surface area (Å²) in [6.07, 6.45) is 3.96. The van der Waals surface area contributed by atoms with Crippen molar-refractivity contribution in [1.29, 1.82) is 0 Å². The third kappa shape index (κ3) is 2.14. The van der Waals surface area contributed by atoms with Crippen LogP contribution in [0.2, 0.25) is 0 Å². The van der Waals surface area contributed by atoms with Gasteiger partial charge in [0, 0.05) is 18.5 Å². The van der Waals surface area contributed by atoms with Crippen LogP contribution in [0.25, 0.3) is 5.57 Å². The van der Waals surface area contributed by atoms with Crippen molar-refractivity contribution in [3.63, 3.8) is 0 Å². The molecule has 3 rings (SSSR count). The topological polar surface area (TPSA) is 3.24 Å². The van der Waals surface area contributed by atoms with E-state index in [1.807, 2.05) is 6.07 Å². The first kappa shape index (κ1) is 11.0.